The highest BCUT2D eigenvalue weighted by atomic mass is 16.5. The molecular formula is C30H26O6. The second-order valence-corrected chi connectivity index (χ2v) is 8.84. The van der Waals surface area contributed by atoms with Crippen LogP contribution in [0.25, 0.3) is 0 Å². The summed E-state index contributed by atoms with van der Waals surface area (Å²) in [5, 5.41) is 20.5. The van der Waals surface area contributed by atoms with Crippen LogP contribution in [0.2, 0.25) is 0 Å². The Morgan fingerprint density at radius 2 is 1.36 bits per heavy atom. The van der Waals surface area contributed by atoms with E-state index in [1.54, 1.807) is 0 Å². The molecule has 0 aromatic heterocycles. The smallest absolute Gasteiger partial charge is 0.318 e. The number of esters is 1. The van der Waals surface area contributed by atoms with Gasteiger partial charge in [-0.1, -0.05) is 72.3 Å². The number of phenolic OH excluding ortho intramolecular Hbond substituents is 2. The standard InChI is InChI=1S/C30H26O6/c1-18(2)13-16-25(21-17-24(33)27-22(31)14-15-23(32)28(27)29(21)34)36-30(35)26(19-9-5-3-6-10-19)20-11-7-4-8-12-20/h3-15,17,25-26,31-32H,16H2,1-2H3/t25-/m1/s1. The molecule has 0 heterocycles. The van der Waals surface area contributed by atoms with E-state index in [1.807, 2.05) is 80.6 Å². The van der Waals surface area contributed by atoms with E-state index in [9.17, 15) is 24.6 Å². The third kappa shape index (κ3) is 4.98. The van der Waals surface area contributed by atoms with Gasteiger partial charge in [-0.3, -0.25) is 14.4 Å². The average molecular weight is 483 g/mol. The van der Waals surface area contributed by atoms with E-state index in [4.69, 9.17) is 4.74 Å². The first-order chi connectivity index (χ1) is 17.3. The molecule has 1 atom stereocenters. The maximum absolute atomic E-state index is 13.6. The molecule has 0 spiro atoms. The SMILES string of the molecule is CC(C)=CC[C@@H](OC(=O)C(c1ccccc1)c1ccccc1)C1=CC(=O)c2c(O)ccc(O)c2C1=O. The molecule has 1 aliphatic rings. The normalized spacial score (nSPS) is 13.6. The number of ether oxygens (including phenoxy) is 1. The number of hydrogen-bond acceptors (Lipinski definition) is 6. The lowest BCUT2D eigenvalue weighted by Crippen LogP contribution is -2.31. The van der Waals surface area contributed by atoms with E-state index >= 15 is 0 Å². The summed E-state index contributed by atoms with van der Waals surface area (Å²) in [6, 6.07) is 20.7. The predicted octanol–water partition coefficient (Wildman–Crippen LogP) is 5.50. The molecule has 0 saturated heterocycles. The van der Waals surface area contributed by atoms with Gasteiger partial charge >= 0.3 is 5.97 Å². The fraction of sp³-hybridized carbons (Fsp3) is 0.167. The minimum Gasteiger partial charge on any atom is -0.507 e. The van der Waals surface area contributed by atoms with Crippen LogP contribution in [0.5, 0.6) is 11.5 Å². The van der Waals surface area contributed by atoms with E-state index in [0.29, 0.717) is 0 Å². The molecule has 0 fully saturated rings. The zero-order valence-electron chi connectivity index (χ0n) is 20.0. The van der Waals surface area contributed by atoms with Crippen LogP contribution < -0.4 is 0 Å². The van der Waals surface area contributed by atoms with Crippen LogP contribution in [0, 0.1) is 0 Å². The molecule has 0 saturated carbocycles. The van der Waals surface area contributed by atoms with Crippen LogP contribution in [-0.4, -0.2) is 33.9 Å². The maximum Gasteiger partial charge on any atom is 0.318 e. The number of phenols is 2. The summed E-state index contributed by atoms with van der Waals surface area (Å²) in [6.07, 6.45) is 1.98. The Bertz CT molecular complexity index is 1330. The number of Topliss-reactive ketones (excluding diaryl/α,β-unsaturated/α-hetero) is 1. The molecule has 0 unspecified atom stereocenters. The summed E-state index contributed by atoms with van der Waals surface area (Å²) in [5.74, 6) is -3.47. The van der Waals surface area contributed by atoms with E-state index in [2.05, 4.69) is 0 Å². The number of aromatic hydroxyl groups is 2. The number of hydrogen-bond donors (Lipinski definition) is 2. The molecule has 0 amide bonds. The number of ketones is 2. The van der Waals surface area contributed by atoms with Crippen molar-refractivity contribution < 1.29 is 29.3 Å². The molecule has 3 aromatic rings. The van der Waals surface area contributed by atoms with Crippen molar-refractivity contribution in [2.45, 2.75) is 32.3 Å². The second kappa shape index (κ2) is 10.4. The third-order valence-electron chi connectivity index (χ3n) is 6.03. The molecule has 182 valence electrons. The van der Waals surface area contributed by atoms with Gasteiger partial charge in [-0.05, 0) is 43.2 Å². The van der Waals surface area contributed by atoms with Crippen LogP contribution in [0.3, 0.4) is 0 Å². The van der Waals surface area contributed by atoms with Crippen LogP contribution in [0.4, 0.5) is 0 Å². The number of fused-ring (bicyclic) bond motifs is 1. The van der Waals surface area contributed by atoms with Gasteiger partial charge in [-0.15, -0.1) is 0 Å². The molecule has 6 heteroatoms. The molecule has 6 nitrogen and oxygen atoms in total. The van der Waals surface area contributed by atoms with Gasteiger partial charge in [0.2, 0.25) is 0 Å². The van der Waals surface area contributed by atoms with Crippen LogP contribution in [0.15, 0.2) is 96.1 Å². The molecular weight excluding hydrogens is 456 g/mol. The first-order valence-corrected chi connectivity index (χ1v) is 11.6. The Labute approximate surface area is 209 Å². The molecule has 3 aromatic carbocycles. The second-order valence-electron chi connectivity index (χ2n) is 8.84. The zero-order valence-corrected chi connectivity index (χ0v) is 20.0. The maximum atomic E-state index is 13.6. The fourth-order valence-electron chi connectivity index (χ4n) is 4.27. The molecule has 0 aliphatic heterocycles. The quantitative estimate of drug-likeness (QED) is 0.262. The average Bonchev–Trinajstić information content (AvgIpc) is 2.87. The van der Waals surface area contributed by atoms with Crippen LogP contribution in [-0.2, 0) is 9.53 Å². The van der Waals surface area contributed by atoms with Crippen molar-refractivity contribution in [1.82, 2.24) is 0 Å². The number of carbonyl (C=O) groups is 3. The van der Waals surface area contributed by atoms with Crippen molar-refractivity contribution >= 4 is 17.5 Å². The van der Waals surface area contributed by atoms with Gasteiger partial charge in [0.1, 0.15) is 23.5 Å². The topological polar surface area (TPSA) is 101 Å². The van der Waals surface area contributed by atoms with Gasteiger partial charge in [-0.2, -0.15) is 0 Å². The van der Waals surface area contributed by atoms with Crippen molar-refractivity contribution in [3.05, 3.63) is 118 Å². The summed E-state index contributed by atoms with van der Waals surface area (Å²) < 4.78 is 5.95. The Balaban J connectivity index is 1.74. The summed E-state index contributed by atoms with van der Waals surface area (Å²) >= 11 is 0. The van der Waals surface area contributed by atoms with Crippen molar-refractivity contribution in [1.29, 1.82) is 0 Å². The highest BCUT2D eigenvalue weighted by Gasteiger charge is 2.37. The lowest BCUT2D eigenvalue weighted by molar-refractivity contribution is -0.147. The first kappa shape index (κ1) is 24.7. The zero-order chi connectivity index (χ0) is 25.8. The van der Waals surface area contributed by atoms with Crippen molar-refractivity contribution in [3.63, 3.8) is 0 Å². The van der Waals surface area contributed by atoms with Crippen molar-refractivity contribution in [2.75, 3.05) is 0 Å². The fourth-order valence-corrected chi connectivity index (χ4v) is 4.27. The highest BCUT2D eigenvalue weighted by molar-refractivity contribution is 6.27. The van der Waals surface area contributed by atoms with Crippen LogP contribution >= 0.6 is 0 Å². The summed E-state index contributed by atoms with van der Waals surface area (Å²) in [4.78, 5) is 39.9. The highest BCUT2D eigenvalue weighted by Crippen LogP contribution is 2.37. The van der Waals surface area contributed by atoms with Gasteiger partial charge in [0, 0.05) is 12.0 Å². The van der Waals surface area contributed by atoms with Crippen LogP contribution in [0.1, 0.15) is 58.0 Å². The Kier molecular flexibility index (Phi) is 7.15. The minimum absolute atomic E-state index is 0.0564. The third-order valence-corrected chi connectivity index (χ3v) is 6.03. The Morgan fingerprint density at radius 3 is 1.89 bits per heavy atom. The van der Waals surface area contributed by atoms with E-state index < -0.39 is 41.1 Å². The number of allylic oxidation sites excluding steroid dienone is 2. The van der Waals surface area contributed by atoms with Crippen molar-refractivity contribution in [2.24, 2.45) is 0 Å². The molecule has 0 bridgehead atoms. The summed E-state index contributed by atoms with van der Waals surface area (Å²) in [6.45, 7) is 3.74. The first-order valence-electron chi connectivity index (χ1n) is 11.6. The number of carbonyl (C=O) groups excluding carboxylic acids is 3. The van der Waals surface area contributed by atoms with Gasteiger partial charge in [-0.25, -0.2) is 0 Å². The number of rotatable bonds is 7. The summed E-state index contributed by atoms with van der Waals surface area (Å²) in [5.41, 5.74) is 1.78. The van der Waals surface area contributed by atoms with Gasteiger partial charge in [0.15, 0.2) is 11.6 Å². The van der Waals surface area contributed by atoms with Gasteiger partial charge in [0.25, 0.3) is 0 Å². The Morgan fingerprint density at radius 1 is 0.833 bits per heavy atom. The van der Waals surface area contributed by atoms with E-state index in [-0.39, 0.29) is 23.1 Å². The monoisotopic (exact) mass is 482 g/mol. The molecule has 1 aliphatic carbocycles. The molecule has 0 radical (unpaired) electrons. The molecule has 36 heavy (non-hydrogen) atoms. The molecule has 4 rings (SSSR count). The Hall–Kier alpha value is -4.45. The van der Waals surface area contributed by atoms with Gasteiger partial charge in [0.05, 0.1) is 11.1 Å². The minimum atomic E-state index is -1.08. The van der Waals surface area contributed by atoms with E-state index in [0.717, 1.165) is 34.9 Å². The van der Waals surface area contributed by atoms with E-state index in [1.165, 1.54) is 0 Å². The lowest BCUT2D eigenvalue weighted by Gasteiger charge is -2.26. The van der Waals surface area contributed by atoms with Crippen molar-refractivity contribution in [3.8, 4) is 11.5 Å². The number of benzene rings is 3. The molecule has 2 N–H and O–H groups in total. The predicted molar refractivity (Wildman–Crippen MR) is 135 cm³/mol. The lowest BCUT2D eigenvalue weighted by atomic mass is 9.84. The largest absolute Gasteiger partial charge is 0.507 e. The summed E-state index contributed by atoms with van der Waals surface area (Å²) in [7, 11) is 0. The van der Waals surface area contributed by atoms with Gasteiger partial charge < -0.3 is 14.9 Å².